The molecule has 0 heterocycles. The summed E-state index contributed by atoms with van der Waals surface area (Å²) in [5, 5.41) is 10.5. The van der Waals surface area contributed by atoms with Crippen molar-refractivity contribution in [2.24, 2.45) is 0 Å². The molecule has 1 N–H and O–H groups in total. The Morgan fingerprint density at radius 1 is 1.25 bits per heavy atom. The molecular weight excluding hydrogens is 224 g/mol. The van der Waals surface area contributed by atoms with Crippen molar-refractivity contribution in [2.45, 2.75) is 46.8 Å². The first-order valence-corrected chi connectivity index (χ1v) is 5.86. The smallest absolute Gasteiger partial charge is 0.126 e. The first-order chi connectivity index (χ1) is 7.34. The Morgan fingerprint density at radius 2 is 1.81 bits per heavy atom. The number of hydrogen-bond donors (Lipinski definition) is 1. The van der Waals surface area contributed by atoms with Gasteiger partial charge in [0.15, 0.2) is 0 Å². The maximum absolute atomic E-state index is 9.77. The summed E-state index contributed by atoms with van der Waals surface area (Å²) in [7, 11) is 0. The Bertz CT molecular complexity index is 384. The van der Waals surface area contributed by atoms with Crippen LogP contribution in [-0.2, 0) is 0 Å². The minimum atomic E-state index is -0.577. The topological polar surface area (TPSA) is 29.5 Å². The van der Waals surface area contributed by atoms with E-state index in [0.717, 1.165) is 22.4 Å². The van der Waals surface area contributed by atoms with E-state index in [1.54, 1.807) is 6.92 Å². The molecule has 0 aliphatic heterocycles. The Balaban J connectivity index is 3.35. The van der Waals surface area contributed by atoms with Crippen molar-refractivity contribution < 1.29 is 9.84 Å². The van der Waals surface area contributed by atoms with Gasteiger partial charge in [-0.2, -0.15) is 0 Å². The molecule has 0 bridgehead atoms. The Kier molecular flexibility index (Phi) is 4.22. The predicted molar refractivity (Wildman–Crippen MR) is 67.3 cm³/mol. The van der Waals surface area contributed by atoms with Crippen LogP contribution in [0.2, 0.25) is 5.02 Å². The maximum atomic E-state index is 9.77. The van der Waals surface area contributed by atoms with Crippen LogP contribution in [0.15, 0.2) is 6.07 Å². The van der Waals surface area contributed by atoms with Crippen LogP contribution in [0.1, 0.15) is 43.6 Å². The third kappa shape index (κ3) is 2.69. The summed E-state index contributed by atoms with van der Waals surface area (Å²) in [5.41, 5.74) is 2.65. The van der Waals surface area contributed by atoms with E-state index in [-0.39, 0.29) is 6.10 Å². The quantitative estimate of drug-likeness (QED) is 0.874. The van der Waals surface area contributed by atoms with E-state index in [2.05, 4.69) is 0 Å². The fourth-order valence-electron chi connectivity index (χ4n) is 1.81. The summed E-state index contributed by atoms with van der Waals surface area (Å²) in [5.74, 6) is 0.726. The van der Waals surface area contributed by atoms with Crippen molar-refractivity contribution in [3.63, 3.8) is 0 Å². The number of aryl methyl sites for hydroxylation is 1. The second kappa shape index (κ2) is 5.07. The molecule has 1 atom stereocenters. The molecule has 1 aromatic carbocycles. The minimum Gasteiger partial charge on any atom is -0.491 e. The summed E-state index contributed by atoms with van der Waals surface area (Å²) >= 11 is 6.17. The lowest BCUT2D eigenvalue weighted by atomic mass is 10.00. The molecule has 16 heavy (non-hydrogen) atoms. The van der Waals surface area contributed by atoms with E-state index in [1.807, 2.05) is 33.8 Å². The van der Waals surface area contributed by atoms with Crippen molar-refractivity contribution in [3.8, 4) is 5.75 Å². The van der Waals surface area contributed by atoms with Gasteiger partial charge in [0, 0.05) is 10.6 Å². The van der Waals surface area contributed by atoms with E-state index in [1.165, 1.54) is 0 Å². The highest BCUT2D eigenvalue weighted by Crippen LogP contribution is 2.35. The molecule has 0 saturated carbocycles. The lowest BCUT2D eigenvalue weighted by Gasteiger charge is -2.20. The van der Waals surface area contributed by atoms with Crippen LogP contribution in [0.4, 0.5) is 0 Å². The van der Waals surface area contributed by atoms with Crippen LogP contribution < -0.4 is 4.74 Å². The van der Waals surface area contributed by atoms with Gasteiger partial charge < -0.3 is 9.84 Å². The van der Waals surface area contributed by atoms with Crippen LogP contribution in [0.3, 0.4) is 0 Å². The molecule has 1 aromatic rings. The van der Waals surface area contributed by atoms with Crippen molar-refractivity contribution in [1.29, 1.82) is 0 Å². The Labute approximate surface area is 102 Å². The predicted octanol–water partition coefficient (Wildman–Crippen LogP) is 3.80. The van der Waals surface area contributed by atoms with Gasteiger partial charge in [0.05, 0.1) is 12.2 Å². The van der Waals surface area contributed by atoms with E-state index in [9.17, 15) is 5.11 Å². The zero-order valence-corrected chi connectivity index (χ0v) is 11.2. The van der Waals surface area contributed by atoms with Crippen LogP contribution >= 0.6 is 11.6 Å². The first-order valence-electron chi connectivity index (χ1n) is 5.49. The second-order valence-electron chi connectivity index (χ2n) is 4.39. The largest absolute Gasteiger partial charge is 0.491 e. The number of hydrogen-bond acceptors (Lipinski definition) is 2. The third-order valence-corrected chi connectivity index (χ3v) is 3.05. The number of rotatable bonds is 3. The van der Waals surface area contributed by atoms with Crippen molar-refractivity contribution >= 4 is 11.6 Å². The average Bonchev–Trinajstić information content (AvgIpc) is 2.12. The molecule has 1 unspecified atom stereocenters. The molecule has 0 fully saturated rings. The molecule has 2 nitrogen and oxygen atoms in total. The van der Waals surface area contributed by atoms with E-state index in [0.29, 0.717) is 5.02 Å². The Morgan fingerprint density at radius 3 is 2.25 bits per heavy atom. The van der Waals surface area contributed by atoms with Gasteiger partial charge in [0.1, 0.15) is 5.75 Å². The molecule has 0 aliphatic rings. The van der Waals surface area contributed by atoms with Crippen LogP contribution in [0.5, 0.6) is 5.75 Å². The molecule has 0 aliphatic carbocycles. The highest BCUT2D eigenvalue weighted by Gasteiger charge is 2.17. The summed E-state index contributed by atoms with van der Waals surface area (Å²) < 4.78 is 5.70. The zero-order valence-electron chi connectivity index (χ0n) is 10.5. The number of halogens is 1. The SMILES string of the molecule is Cc1cc(OC(C)C)c(C(C)O)c(C)c1Cl. The van der Waals surface area contributed by atoms with Gasteiger partial charge in [-0.05, 0) is 51.8 Å². The average molecular weight is 243 g/mol. The molecule has 0 amide bonds. The maximum Gasteiger partial charge on any atom is 0.126 e. The van der Waals surface area contributed by atoms with Crippen LogP contribution in [-0.4, -0.2) is 11.2 Å². The second-order valence-corrected chi connectivity index (χ2v) is 4.76. The van der Waals surface area contributed by atoms with Crippen molar-refractivity contribution in [2.75, 3.05) is 0 Å². The van der Waals surface area contributed by atoms with E-state index < -0.39 is 6.10 Å². The fraction of sp³-hybridized carbons (Fsp3) is 0.538. The Hall–Kier alpha value is -0.730. The lowest BCUT2D eigenvalue weighted by molar-refractivity contribution is 0.182. The summed E-state index contributed by atoms with van der Waals surface area (Å²) in [4.78, 5) is 0. The van der Waals surface area contributed by atoms with Gasteiger partial charge in [0.25, 0.3) is 0 Å². The molecule has 90 valence electrons. The van der Waals surface area contributed by atoms with Gasteiger partial charge in [-0.15, -0.1) is 0 Å². The number of ether oxygens (including phenoxy) is 1. The zero-order chi connectivity index (χ0) is 12.5. The molecule has 1 rings (SSSR count). The van der Waals surface area contributed by atoms with E-state index >= 15 is 0 Å². The highest BCUT2D eigenvalue weighted by atomic mass is 35.5. The third-order valence-electron chi connectivity index (χ3n) is 2.47. The first kappa shape index (κ1) is 13.3. The fourth-order valence-corrected chi connectivity index (χ4v) is 1.96. The normalized spacial score (nSPS) is 13.0. The summed E-state index contributed by atoms with van der Waals surface area (Å²) in [6, 6.07) is 1.89. The lowest BCUT2D eigenvalue weighted by Crippen LogP contribution is -2.10. The molecule has 0 spiro atoms. The van der Waals surface area contributed by atoms with Gasteiger partial charge in [-0.1, -0.05) is 11.6 Å². The van der Waals surface area contributed by atoms with Crippen LogP contribution in [0.25, 0.3) is 0 Å². The summed E-state index contributed by atoms with van der Waals surface area (Å²) in [6.45, 7) is 9.50. The highest BCUT2D eigenvalue weighted by molar-refractivity contribution is 6.32. The summed E-state index contributed by atoms with van der Waals surface area (Å²) in [6.07, 6.45) is -0.496. The standard InChI is InChI=1S/C13H19ClO2/c1-7(2)16-11-6-8(3)13(14)9(4)12(11)10(5)15/h6-7,10,15H,1-5H3. The van der Waals surface area contributed by atoms with Crippen molar-refractivity contribution in [3.05, 3.63) is 27.8 Å². The van der Waals surface area contributed by atoms with Crippen molar-refractivity contribution in [1.82, 2.24) is 0 Å². The van der Waals surface area contributed by atoms with Gasteiger partial charge in [0.2, 0.25) is 0 Å². The molecule has 0 radical (unpaired) electrons. The van der Waals surface area contributed by atoms with Gasteiger partial charge in [-0.3, -0.25) is 0 Å². The molecule has 0 aromatic heterocycles. The number of aliphatic hydroxyl groups is 1. The van der Waals surface area contributed by atoms with Gasteiger partial charge >= 0.3 is 0 Å². The minimum absolute atomic E-state index is 0.0810. The molecule has 0 saturated heterocycles. The van der Waals surface area contributed by atoms with Gasteiger partial charge in [-0.25, -0.2) is 0 Å². The molecular formula is C13H19ClO2. The number of aliphatic hydroxyl groups excluding tert-OH is 1. The molecule has 3 heteroatoms. The van der Waals surface area contributed by atoms with E-state index in [4.69, 9.17) is 16.3 Å². The number of benzene rings is 1. The van der Waals surface area contributed by atoms with Crippen LogP contribution in [0, 0.1) is 13.8 Å². The monoisotopic (exact) mass is 242 g/mol.